The van der Waals surface area contributed by atoms with E-state index < -0.39 is 11.4 Å². The lowest BCUT2D eigenvalue weighted by molar-refractivity contribution is -0.148. The van der Waals surface area contributed by atoms with Crippen LogP contribution in [0.3, 0.4) is 0 Å². The Hall–Kier alpha value is -2.52. The van der Waals surface area contributed by atoms with E-state index in [1.807, 2.05) is 47.9 Å². The Kier molecular flexibility index (Phi) is 11.1. The topological polar surface area (TPSA) is 77.5 Å². The van der Waals surface area contributed by atoms with Gasteiger partial charge >= 0.3 is 0 Å². The largest absolute Gasteiger partial charge is 0.377 e. The molecule has 0 aliphatic carbocycles. The molecule has 2 aliphatic heterocycles. The zero-order chi connectivity index (χ0) is 29.5. The molecule has 0 spiro atoms. The lowest BCUT2D eigenvalue weighted by Gasteiger charge is -2.37. The van der Waals surface area contributed by atoms with Crippen molar-refractivity contribution in [2.24, 2.45) is 11.8 Å². The number of amides is 2. The number of hydrogen-bond donors (Lipinski definition) is 0. The van der Waals surface area contributed by atoms with Crippen LogP contribution in [0.15, 0.2) is 49.6 Å². The van der Waals surface area contributed by atoms with Crippen molar-refractivity contribution in [2.45, 2.75) is 91.1 Å². The summed E-state index contributed by atoms with van der Waals surface area (Å²) < 4.78 is 24.3. The monoisotopic (exact) mass is 556 g/mol. The van der Waals surface area contributed by atoms with Crippen LogP contribution in [0.4, 0.5) is 0 Å². The van der Waals surface area contributed by atoms with Crippen LogP contribution in [0, 0.1) is 11.8 Å². The smallest absolute Gasteiger partial charge is 0.248 e. The first-order valence-electron chi connectivity index (χ1n) is 14.4. The summed E-state index contributed by atoms with van der Waals surface area (Å²) in [6.07, 6.45) is 3.83. The van der Waals surface area contributed by atoms with Gasteiger partial charge in [0.15, 0.2) is 0 Å². The summed E-state index contributed by atoms with van der Waals surface area (Å²) in [7, 11) is 0. The van der Waals surface area contributed by atoms with Gasteiger partial charge in [0.2, 0.25) is 11.8 Å². The molecule has 2 fully saturated rings. The second-order valence-corrected chi connectivity index (χ2v) is 11.8. The van der Waals surface area contributed by atoms with Crippen LogP contribution >= 0.6 is 0 Å². The first-order chi connectivity index (χ1) is 19.0. The SMILES string of the molecule is C=CC(=O)N1[C@@H](C(C)C)COC1(C)CCOCc1ccccc1COCCC1(C)OC[C@H](C(C)C)N1C(=O)C=C. The van der Waals surface area contributed by atoms with Crippen LogP contribution in [-0.2, 0) is 41.8 Å². The average molecular weight is 557 g/mol. The molecule has 0 saturated carbocycles. The third kappa shape index (κ3) is 7.21. The van der Waals surface area contributed by atoms with E-state index >= 15 is 0 Å². The minimum atomic E-state index is -0.725. The van der Waals surface area contributed by atoms with E-state index in [0.717, 1.165) is 11.1 Å². The van der Waals surface area contributed by atoms with Gasteiger partial charge in [0.1, 0.15) is 11.4 Å². The fourth-order valence-electron chi connectivity index (χ4n) is 5.60. The number of benzene rings is 1. The van der Waals surface area contributed by atoms with Crippen LogP contribution in [0.25, 0.3) is 0 Å². The predicted octanol–water partition coefficient (Wildman–Crippen LogP) is 5.07. The fraction of sp³-hybridized carbons (Fsp3) is 0.625. The van der Waals surface area contributed by atoms with Crippen molar-refractivity contribution in [2.75, 3.05) is 26.4 Å². The van der Waals surface area contributed by atoms with Gasteiger partial charge in [-0.3, -0.25) is 9.59 Å². The van der Waals surface area contributed by atoms with Crippen LogP contribution < -0.4 is 0 Å². The molecule has 3 rings (SSSR count). The molecule has 0 N–H and O–H groups in total. The van der Waals surface area contributed by atoms with Crippen LogP contribution in [-0.4, -0.2) is 71.6 Å². The predicted molar refractivity (Wildman–Crippen MR) is 155 cm³/mol. The van der Waals surface area contributed by atoms with Crippen molar-refractivity contribution >= 4 is 11.8 Å². The number of carbonyl (C=O) groups excluding carboxylic acids is 2. The van der Waals surface area contributed by atoms with Gasteiger partial charge in [0.25, 0.3) is 0 Å². The molecular weight excluding hydrogens is 508 g/mol. The fourth-order valence-corrected chi connectivity index (χ4v) is 5.60. The number of hydrogen-bond acceptors (Lipinski definition) is 6. The summed E-state index contributed by atoms with van der Waals surface area (Å²) in [4.78, 5) is 28.9. The minimum Gasteiger partial charge on any atom is -0.377 e. The molecule has 2 heterocycles. The summed E-state index contributed by atoms with van der Waals surface area (Å²) in [5.74, 6) is 0.330. The van der Waals surface area contributed by atoms with Crippen LogP contribution in [0.1, 0.15) is 65.5 Å². The van der Waals surface area contributed by atoms with Crippen molar-refractivity contribution in [3.8, 4) is 0 Å². The highest BCUT2D eigenvalue weighted by Crippen LogP contribution is 2.35. The average Bonchev–Trinajstić information content (AvgIpc) is 3.46. The summed E-state index contributed by atoms with van der Waals surface area (Å²) in [5, 5.41) is 0. The molecule has 2 saturated heterocycles. The Morgan fingerprint density at radius 2 is 1.23 bits per heavy atom. The van der Waals surface area contributed by atoms with Crippen molar-refractivity contribution in [3.63, 3.8) is 0 Å². The maximum Gasteiger partial charge on any atom is 0.248 e. The maximum atomic E-state index is 12.6. The summed E-state index contributed by atoms with van der Waals surface area (Å²) in [5.41, 5.74) is 0.643. The van der Waals surface area contributed by atoms with Gasteiger partial charge in [-0.25, -0.2) is 0 Å². The van der Waals surface area contributed by atoms with Gasteiger partial charge in [-0.2, -0.15) is 0 Å². The highest BCUT2D eigenvalue weighted by atomic mass is 16.5. The molecule has 2 unspecified atom stereocenters. The van der Waals surface area contributed by atoms with E-state index in [1.165, 1.54) is 12.2 Å². The molecule has 0 radical (unpaired) electrons. The normalized spacial score (nSPS) is 26.6. The van der Waals surface area contributed by atoms with Crippen LogP contribution in [0.5, 0.6) is 0 Å². The Morgan fingerprint density at radius 3 is 1.55 bits per heavy atom. The van der Waals surface area contributed by atoms with Crippen molar-refractivity contribution < 1.29 is 28.5 Å². The quantitative estimate of drug-likeness (QED) is 0.235. The molecule has 8 nitrogen and oxygen atoms in total. The Bertz CT molecular complexity index is 961. The van der Waals surface area contributed by atoms with Gasteiger partial charge < -0.3 is 28.7 Å². The highest BCUT2D eigenvalue weighted by molar-refractivity contribution is 5.88. The Labute approximate surface area is 240 Å². The number of carbonyl (C=O) groups is 2. The third-order valence-electron chi connectivity index (χ3n) is 8.23. The van der Waals surface area contributed by atoms with Crippen LogP contribution in [0.2, 0.25) is 0 Å². The Balaban J connectivity index is 1.52. The van der Waals surface area contributed by atoms with Crippen molar-refractivity contribution in [3.05, 3.63) is 60.7 Å². The maximum absolute atomic E-state index is 12.6. The van der Waals surface area contributed by atoms with E-state index in [9.17, 15) is 9.59 Å². The molecular formula is C32H48N2O6. The number of nitrogens with zero attached hydrogens (tertiary/aromatic N) is 2. The zero-order valence-corrected chi connectivity index (χ0v) is 25.2. The lowest BCUT2D eigenvalue weighted by atomic mass is 10.0. The van der Waals surface area contributed by atoms with Gasteiger partial charge in [-0.05, 0) is 49.0 Å². The van der Waals surface area contributed by atoms with Gasteiger partial charge in [-0.15, -0.1) is 0 Å². The third-order valence-corrected chi connectivity index (χ3v) is 8.23. The first kappa shape index (κ1) is 32.0. The van der Waals surface area contributed by atoms with Gasteiger partial charge in [0, 0.05) is 12.8 Å². The number of ether oxygens (including phenoxy) is 4. The standard InChI is InChI=1S/C32H48N2O6/c1-9-29(35)33-27(23(3)4)21-39-31(33,7)15-17-37-19-25-13-11-12-14-26(25)20-38-18-16-32(8)34(30(36)10-2)28(22-40-32)24(5)6/h9-14,23-24,27-28H,1-2,15-22H2,3-8H3/t27-,28-,31?,32?/m1/s1. The molecule has 4 atom stereocenters. The second-order valence-electron chi connectivity index (χ2n) is 11.8. The van der Waals surface area contributed by atoms with E-state index in [1.54, 1.807) is 0 Å². The first-order valence-corrected chi connectivity index (χ1v) is 14.4. The van der Waals surface area contributed by atoms with Crippen molar-refractivity contribution in [1.29, 1.82) is 0 Å². The molecule has 2 amide bonds. The minimum absolute atomic E-state index is 0.0171. The van der Waals surface area contributed by atoms with E-state index in [0.29, 0.717) is 52.5 Å². The lowest BCUT2D eigenvalue weighted by Crippen LogP contribution is -2.51. The molecule has 8 heteroatoms. The molecule has 2 aliphatic rings. The molecule has 1 aromatic carbocycles. The molecule has 1 aromatic rings. The van der Waals surface area contributed by atoms with Gasteiger partial charge in [0.05, 0.1) is 51.7 Å². The van der Waals surface area contributed by atoms with E-state index in [-0.39, 0.29) is 35.7 Å². The molecule has 0 aromatic heterocycles. The highest BCUT2D eigenvalue weighted by Gasteiger charge is 2.48. The van der Waals surface area contributed by atoms with E-state index in [2.05, 4.69) is 40.9 Å². The number of rotatable bonds is 14. The Morgan fingerprint density at radius 1 is 0.850 bits per heavy atom. The molecule has 40 heavy (non-hydrogen) atoms. The zero-order valence-electron chi connectivity index (χ0n) is 25.2. The summed E-state index contributed by atoms with van der Waals surface area (Å²) in [6, 6.07) is 8.08. The van der Waals surface area contributed by atoms with Gasteiger partial charge in [-0.1, -0.05) is 65.1 Å². The second kappa shape index (κ2) is 13.9. The summed E-state index contributed by atoms with van der Waals surface area (Å²) in [6.45, 7) is 22.4. The molecule has 0 bridgehead atoms. The summed E-state index contributed by atoms with van der Waals surface area (Å²) >= 11 is 0. The van der Waals surface area contributed by atoms with E-state index in [4.69, 9.17) is 18.9 Å². The van der Waals surface area contributed by atoms with Crippen molar-refractivity contribution in [1.82, 2.24) is 9.80 Å². The molecule has 222 valence electrons.